The van der Waals surface area contributed by atoms with Gasteiger partial charge < -0.3 is 20.1 Å². The van der Waals surface area contributed by atoms with Crippen molar-refractivity contribution in [2.24, 2.45) is 5.92 Å². The van der Waals surface area contributed by atoms with Gasteiger partial charge in [0.05, 0.1) is 31.8 Å². The van der Waals surface area contributed by atoms with Gasteiger partial charge in [0.1, 0.15) is 0 Å². The summed E-state index contributed by atoms with van der Waals surface area (Å²) in [5.74, 6) is 0.229. The molecule has 0 bridgehead atoms. The lowest BCUT2D eigenvalue weighted by atomic mass is 9.99. The van der Waals surface area contributed by atoms with Crippen LogP contribution in [0.3, 0.4) is 0 Å². The molecule has 2 saturated heterocycles. The Hall–Kier alpha value is -0.650. The van der Waals surface area contributed by atoms with Crippen LogP contribution in [0.25, 0.3) is 0 Å². The van der Waals surface area contributed by atoms with Crippen LogP contribution in [-0.4, -0.2) is 60.9 Å². The number of amides is 1. The van der Waals surface area contributed by atoms with Crippen molar-refractivity contribution < 1.29 is 14.6 Å². The SMILES string of the molecule is CC1NCCC1C(=O)N1CCOCC1CO. The van der Waals surface area contributed by atoms with E-state index in [1.807, 2.05) is 6.92 Å². The van der Waals surface area contributed by atoms with Gasteiger partial charge in [0.25, 0.3) is 0 Å². The first-order chi connectivity index (χ1) is 7.74. The molecule has 0 saturated carbocycles. The van der Waals surface area contributed by atoms with Crippen molar-refractivity contribution in [3.63, 3.8) is 0 Å². The fourth-order valence-corrected chi connectivity index (χ4v) is 2.51. The molecule has 2 N–H and O–H groups in total. The fourth-order valence-electron chi connectivity index (χ4n) is 2.51. The minimum Gasteiger partial charge on any atom is -0.394 e. The predicted molar refractivity (Wildman–Crippen MR) is 59.0 cm³/mol. The maximum Gasteiger partial charge on any atom is 0.227 e. The molecule has 0 spiro atoms. The van der Waals surface area contributed by atoms with Crippen molar-refractivity contribution >= 4 is 5.91 Å². The van der Waals surface area contributed by atoms with Gasteiger partial charge in [0.15, 0.2) is 0 Å². The Bertz CT molecular complexity index is 260. The van der Waals surface area contributed by atoms with Gasteiger partial charge >= 0.3 is 0 Å². The first-order valence-electron chi connectivity index (χ1n) is 5.96. The number of aliphatic hydroxyl groups is 1. The molecule has 0 radical (unpaired) electrons. The lowest BCUT2D eigenvalue weighted by Crippen LogP contribution is -2.53. The number of hydrogen-bond acceptors (Lipinski definition) is 4. The van der Waals surface area contributed by atoms with Gasteiger partial charge in [-0.25, -0.2) is 0 Å². The van der Waals surface area contributed by atoms with Crippen LogP contribution >= 0.6 is 0 Å². The second kappa shape index (κ2) is 5.12. The maximum absolute atomic E-state index is 12.3. The first kappa shape index (κ1) is 11.8. The van der Waals surface area contributed by atoms with E-state index in [1.165, 1.54) is 0 Å². The van der Waals surface area contributed by atoms with Gasteiger partial charge in [0, 0.05) is 12.6 Å². The molecule has 3 atom stereocenters. The first-order valence-corrected chi connectivity index (χ1v) is 5.96. The number of ether oxygens (including phenoxy) is 1. The molecule has 92 valence electrons. The highest BCUT2D eigenvalue weighted by Crippen LogP contribution is 2.20. The third-order valence-electron chi connectivity index (χ3n) is 3.56. The van der Waals surface area contributed by atoms with Crippen molar-refractivity contribution in [1.82, 2.24) is 10.2 Å². The number of nitrogens with one attached hydrogen (secondary N) is 1. The molecule has 5 nitrogen and oxygen atoms in total. The zero-order valence-corrected chi connectivity index (χ0v) is 9.69. The molecule has 0 aromatic carbocycles. The minimum absolute atomic E-state index is 0.0136. The van der Waals surface area contributed by atoms with Gasteiger partial charge in [0.2, 0.25) is 5.91 Å². The summed E-state index contributed by atoms with van der Waals surface area (Å²) in [5, 5.41) is 12.5. The summed E-state index contributed by atoms with van der Waals surface area (Å²) >= 11 is 0. The van der Waals surface area contributed by atoms with Crippen LogP contribution in [0.1, 0.15) is 13.3 Å². The summed E-state index contributed by atoms with van der Waals surface area (Å²) in [6.07, 6.45) is 0.898. The molecule has 0 aliphatic carbocycles. The minimum atomic E-state index is -0.158. The van der Waals surface area contributed by atoms with Crippen LogP contribution in [0.15, 0.2) is 0 Å². The van der Waals surface area contributed by atoms with Gasteiger partial charge in [-0.1, -0.05) is 0 Å². The lowest BCUT2D eigenvalue weighted by Gasteiger charge is -2.36. The standard InChI is InChI=1S/C11H20N2O3/c1-8-10(2-3-12-8)11(15)13-4-5-16-7-9(13)6-14/h8-10,12,14H,2-7H2,1H3. The van der Waals surface area contributed by atoms with Crippen LogP contribution in [0.5, 0.6) is 0 Å². The topological polar surface area (TPSA) is 61.8 Å². The van der Waals surface area contributed by atoms with E-state index in [2.05, 4.69) is 5.32 Å². The van der Waals surface area contributed by atoms with E-state index in [-0.39, 0.29) is 30.5 Å². The molecule has 2 aliphatic rings. The van der Waals surface area contributed by atoms with Crippen molar-refractivity contribution in [1.29, 1.82) is 0 Å². The molecular weight excluding hydrogens is 208 g/mol. The Morgan fingerprint density at radius 2 is 2.44 bits per heavy atom. The number of carbonyl (C=O) groups excluding carboxylic acids is 1. The highest BCUT2D eigenvalue weighted by molar-refractivity contribution is 5.80. The van der Waals surface area contributed by atoms with Crippen LogP contribution in [0, 0.1) is 5.92 Å². The number of hydrogen-bond donors (Lipinski definition) is 2. The monoisotopic (exact) mass is 228 g/mol. The molecule has 5 heteroatoms. The van der Waals surface area contributed by atoms with E-state index >= 15 is 0 Å². The Balaban J connectivity index is 2.01. The number of rotatable bonds is 2. The molecule has 2 rings (SSSR count). The molecule has 16 heavy (non-hydrogen) atoms. The molecule has 2 aliphatic heterocycles. The van der Waals surface area contributed by atoms with Crippen LogP contribution in [0.4, 0.5) is 0 Å². The van der Waals surface area contributed by atoms with E-state index in [1.54, 1.807) is 4.90 Å². The molecular formula is C11H20N2O3. The summed E-state index contributed by atoms with van der Waals surface area (Å²) in [6, 6.07) is 0.0868. The van der Waals surface area contributed by atoms with Crippen LogP contribution in [0.2, 0.25) is 0 Å². The number of carbonyl (C=O) groups is 1. The number of aliphatic hydroxyl groups excluding tert-OH is 1. The Kier molecular flexibility index (Phi) is 3.78. The van der Waals surface area contributed by atoms with Crippen LogP contribution in [-0.2, 0) is 9.53 Å². The largest absolute Gasteiger partial charge is 0.394 e. The number of nitrogens with zero attached hydrogens (tertiary/aromatic N) is 1. The van der Waals surface area contributed by atoms with Gasteiger partial charge in [-0.15, -0.1) is 0 Å². The molecule has 1 amide bonds. The summed E-state index contributed by atoms with van der Waals surface area (Å²) in [6.45, 7) is 4.58. The summed E-state index contributed by atoms with van der Waals surface area (Å²) in [4.78, 5) is 14.1. The quantitative estimate of drug-likeness (QED) is 0.650. The molecule has 0 aromatic rings. The highest BCUT2D eigenvalue weighted by Gasteiger charge is 2.36. The third-order valence-corrected chi connectivity index (χ3v) is 3.56. The van der Waals surface area contributed by atoms with Crippen LogP contribution < -0.4 is 5.32 Å². The smallest absolute Gasteiger partial charge is 0.227 e. The molecule has 2 fully saturated rings. The van der Waals surface area contributed by atoms with Gasteiger partial charge in [-0.3, -0.25) is 4.79 Å². The third kappa shape index (κ3) is 2.21. The summed E-state index contributed by atoms with van der Waals surface area (Å²) < 4.78 is 5.27. The average molecular weight is 228 g/mol. The zero-order valence-electron chi connectivity index (χ0n) is 9.69. The average Bonchev–Trinajstić information content (AvgIpc) is 2.74. The maximum atomic E-state index is 12.3. The van der Waals surface area contributed by atoms with E-state index in [9.17, 15) is 9.90 Å². The van der Waals surface area contributed by atoms with E-state index in [4.69, 9.17) is 4.74 Å². The Labute approximate surface area is 95.8 Å². The van der Waals surface area contributed by atoms with Crippen molar-refractivity contribution in [2.75, 3.05) is 32.9 Å². The van der Waals surface area contributed by atoms with E-state index in [0.29, 0.717) is 19.8 Å². The predicted octanol–water partition coefficient (Wildman–Crippen LogP) is -0.796. The molecule has 0 aromatic heterocycles. The van der Waals surface area contributed by atoms with E-state index in [0.717, 1.165) is 13.0 Å². The van der Waals surface area contributed by atoms with Crippen molar-refractivity contribution in [2.45, 2.75) is 25.4 Å². The number of morpholine rings is 1. The molecule has 2 heterocycles. The summed E-state index contributed by atoms with van der Waals surface area (Å²) in [7, 11) is 0. The van der Waals surface area contributed by atoms with Gasteiger partial charge in [-0.05, 0) is 19.9 Å². The summed E-state index contributed by atoms with van der Waals surface area (Å²) in [5.41, 5.74) is 0. The van der Waals surface area contributed by atoms with E-state index < -0.39 is 0 Å². The van der Waals surface area contributed by atoms with Crippen molar-refractivity contribution in [3.8, 4) is 0 Å². The van der Waals surface area contributed by atoms with Crippen molar-refractivity contribution in [3.05, 3.63) is 0 Å². The van der Waals surface area contributed by atoms with Gasteiger partial charge in [-0.2, -0.15) is 0 Å². The fraction of sp³-hybridized carbons (Fsp3) is 0.909. The Morgan fingerprint density at radius 3 is 3.06 bits per heavy atom. The normalized spacial score (nSPS) is 35.4. The second-order valence-corrected chi connectivity index (χ2v) is 4.58. The second-order valence-electron chi connectivity index (χ2n) is 4.58. The molecule has 3 unspecified atom stereocenters. The lowest BCUT2D eigenvalue weighted by molar-refractivity contribution is -0.146. The zero-order chi connectivity index (χ0) is 11.5. The Morgan fingerprint density at radius 1 is 1.62 bits per heavy atom. The highest BCUT2D eigenvalue weighted by atomic mass is 16.5.